The third-order valence-corrected chi connectivity index (χ3v) is 8.44. The topological polar surface area (TPSA) is 128 Å². The number of carbonyl (C=O) groups excluding carboxylic acids is 2. The number of Topliss-reactive ketones (excluding diaryl/α,β-unsaturated/α-hetero) is 1. The zero-order valence-corrected chi connectivity index (χ0v) is 27.2. The Morgan fingerprint density at radius 2 is 1.72 bits per heavy atom. The molecule has 0 bridgehead atoms. The highest BCUT2D eigenvalue weighted by Crippen LogP contribution is 2.38. The van der Waals surface area contributed by atoms with Crippen molar-refractivity contribution in [3.8, 4) is 17.2 Å². The summed E-state index contributed by atoms with van der Waals surface area (Å²) >= 11 is 12.9. The van der Waals surface area contributed by atoms with Crippen LogP contribution >= 0.6 is 23.2 Å². The molecule has 0 amide bonds. The van der Waals surface area contributed by atoms with Crippen LogP contribution in [0.4, 0.5) is 8.78 Å². The minimum absolute atomic E-state index is 0. The molecule has 0 radical (unpaired) electrons. The third kappa shape index (κ3) is 10.2. The molecule has 2 aliphatic rings. The number of pyridine rings is 1. The fourth-order valence-corrected chi connectivity index (χ4v) is 5.66. The summed E-state index contributed by atoms with van der Waals surface area (Å²) in [6.45, 7) is 0.0545. The lowest BCUT2D eigenvalue weighted by Crippen LogP contribution is -2.39. The van der Waals surface area contributed by atoms with Crippen molar-refractivity contribution in [3.05, 3.63) is 81.1 Å². The number of morpholine rings is 1. The maximum absolute atomic E-state index is 13.7. The van der Waals surface area contributed by atoms with Gasteiger partial charge in [-0.2, -0.15) is 8.78 Å². The average Bonchev–Trinajstić information content (AvgIpc) is 3.86. The molecular formula is C33H36Cl2F2N2O8. The lowest BCUT2D eigenvalue weighted by Gasteiger charge is -2.25. The highest BCUT2D eigenvalue weighted by Gasteiger charge is 2.27. The largest absolute Gasteiger partial charge is 0.870 e. The number of nitrogens with zero attached hydrogens (tertiary/aromatic N) is 1. The van der Waals surface area contributed by atoms with Crippen LogP contribution in [0.1, 0.15) is 46.0 Å². The van der Waals surface area contributed by atoms with E-state index in [1.54, 1.807) is 30.6 Å². The highest BCUT2D eigenvalue weighted by atomic mass is 35.5. The molecule has 0 spiro atoms. The Labute approximate surface area is 281 Å². The molecule has 0 unspecified atom stereocenters. The van der Waals surface area contributed by atoms with Gasteiger partial charge in [-0.3, -0.25) is 9.69 Å². The van der Waals surface area contributed by atoms with E-state index in [4.69, 9.17) is 46.9 Å². The van der Waals surface area contributed by atoms with Crippen molar-refractivity contribution in [1.82, 2.24) is 4.90 Å². The van der Waals surface area contributed by atoms with Gasteiger partial charge in [0.15, 0.2) is 29.7 Å². The number of aromatic nitrogens is 1. The normalized spacial score (nSPS) is 15.4. The second-order valence-corrected chi connectivity index (χ2v) is 12.0. The number of carbonyl (C=O) groups is 2. The number of ether oxygens (including phenoxy) is 5. The molecule has 1 aromatic heterocycles. The molecule has 1 saturated heterocycles. The summed E-state index contributed by atoms with van der Waals surface area (Å²) in [7, 11) is 1.49. The second kappa shape index (κ2) is 17.0. The molecule has 254 valence electrons. The monoisotopic (exact) mass is 696 g/mol. The predicted molar refractivity (Wildman–Crippen MR) is 167 cm³/mol. The third-order valence-electron chi connectivity index (χ3n) is 7.77. The number of hydrogen-bond acceptors (Lipinski definition) is 9. The first kappa shape index (κ1) is 36.3. The number of esters is 1. The second-order valence-electron chi connectivity index (χ2n) is 11.2. The van der Waals surface area contributed by atoms with Crippen molar-refractivity contribution in [3.63, 3.8) is 0 Å². The molecule has 47 heavy (non-hydrogen) atoms. The Morgan fingerprint density at radius 1 is 1.02 bits per heavy atom. The molecule has 14 heteroatoms. The summed E-state index contributed by atoms with van der Waals surface area (Å²) in [5.41, 5.74) is 1.70. The Hall–Kier alpha value is -3.55. The lowest BCUT2D eigenvalue weighted by atomic mass is 10.0. The number of alkyl halides is 2. The number of benzene rings is 2. The van der Waals surface area contributed by atoms with E-state index in [-0.39, 0.29) is 47.7 Å². The van der Waals surface area contributed by atoms with Crippen LogP contribution < -0.4 is 19.2 Å². The van der Waals surface area contributed by atoms with E-state index in [0.29, 0.717) is 71.3 Å². The number of nitrogens with one attached hydrogen (secondary N) is 1. The van der Waals surface area contributed by atoms with E-state index in [1.807, 2.05) is 4.90 Å². The van der Waals surface area contributed by atoms with Crippen LogP contribution in [0.15, 0.2) is 48.8 Å². The summed E-state index contributed by atoms with van der Waals surface area (Å²) in [6.07, 6.45) is 4.26. The van der Waals surface area contributed by atoms with Crippen molar-refractivity contribution in [1.29, 1.82) is 0 Å². The number of halogens is 4. The Kier molecular flexibility index (Phi) is 13.1. The van der Waals surface area contributed by atoms with Crippen molar-refractivity contribution >= 4 is 35.0 Å². The van der Waals surface area contributed by atoms with Gasteiger partial charge >= 0.3 is 12.6 Å². The van der Waals surface area contributed by atoms with Gasteiger partial charge in [-0.25, -0.2) is 9.78 Å². The van der Waals surface area contributed by atoms with Crippen molar-refractivity contribution in [2.24, 2.45) is 5.92 Å². The minimum Gasteiger partial charge on any atom is -0.870 e. The van der Waals surface area contributed by atoms with Crippen LogP contribution in [-0.2, 0) is 27.1 Å². The van der Waals surface area contributed by atoms with Crippen molar-refractivity contribution in [2.75, 3.05) is 46.6 Å². The first-order valence-electron chi connectivity index (χ1n) is 15.0. The number of methoxy groups -OCH3 is 1. The summed E-state index contributed by atoms with van der Waals surface area (Å²) in [5.74, 6) is 0.0805. The zero-order chi connectivity index (χ0) is 32.6. The van der Waals surface area contributed by atoms with Crippen molar-refractivity contribution in [2.45, 2.75) is 38.4 Å². The van der Waals surface area contributed by atoms with Gasteiger partial charge in [-0.1, -0.05) is 29.3 Å². The molecule has 1 saturated carbocycles. The van der Waals surface area contributed by atoms with Crippen LogP contribution in [0.25, 0.3) is 0 Å². The molecule has 10 nitrogen and oxygen atoms in total. The van der Waals surface area contributed by atoms with Gasteiger partial charge < -0.3 is 29.2 Å². The molecule has 2 N–H and O–H groups in total. The lowest BCUT2D eigenvalue weighted by molar-refractivity contribution is -0.377. The van der Waals surface area contributed by atoms with E-state index < -0.39 is 18.7 Å². The number of aromatic amines is 1. The minimum atomic E-state index is -3.05. The molecule has 1 atom stereocenters. The van der Waals surface area contributed by atoms with E-state index in [1.165, 1.54) is 25.3 Å². The zero-order valence-electron chi connectivity index (χ0n) is 25.7. The van der Waals surface area contributed by atoms with E-state index in [2.05, 4.69) is 4.98 Å². The quantitative estimate of drug-likeness (QED) is 0.186. The Bertz CT molecular complexity index is 1520. The summed E-state index contributed by atoms with van der Waals surface area (Å²) in [6, 6.07) is 9.16. The number of rotatable bonds is 15. The van der Waals surface area contributed by atoms with Gasteiger partial charge in [-0.15, -0.1) is 0 Å². The van der Waals surface area contributed by atoms with E-state index in [0.717, 1.165) is 12.8 Å². The fourth-order valence-electron chi connectivity index (χ4n) is 5.13. The highest BCUT2D eigenvalue weighted by molar-refractivity contribution is 6.35. The van der Waals surface area contributed by atoms with Gasteiger partial charge in [0.1, 0.15) is 21.9 Å². The number of hydrogen-bond donors (Lipinski definition) is 0. The molecule has 1 aliphatic carbocycles. The Morgan fingerprint density at radius 3 is 2.38 bits per heavy atom. The molecular weight excluding hydrogens is 661 g/mol. The molecule has 1 aliphatic heterocycles. The smallest absolute Gasteiger partial charge is 0.387 e. The molecule has 2 fully saturated rings. The van der Waals surface area contributed by atoms with E-state index in [9.17, 15) is 18.4 Å². The molecule has 2 heterocycles. The first-order valence-corrected chi connectivity index (χ1v) is 15.7. The number of ketones is 1. The van der Waals surface area contributed by atoms with Gasteiger partial charge in [0, 0.05) is 37.1 Å². The van der Waals surface area contributed by atoms with Crippen molar-refractivity contribution < 1.29 is 52.5 Å². The summed E-state index contributed by atoms with van der Waals surface area (Å²) in [5, 5.41) is 0.642. The maximum atomic E-state index is 13.7. The first-order chi connectivity index (χ1) is 22.2. The summed E-state index contributed by atoms with van der Waals surface area (Å²) < 4.78 is 53.8. The van der Waals surface area contributed by atoms with Gasteiger partial charge in [0.25, 0.3) is 0 Å². The number of H-pyrrole nitrogens is 1. The SMILES string of the molecule is COc1ccc(C(=O)O[C@@H](Cc2c(Cl)c[nH+]cc2Cl)c2ccc(OC(F)F)c(OCC3CC3)c2)cc1CC(=O)CN1CCOCC1.[OH-]. The maximum Gasteiger partial charge on any atom is 0.387 e. The standard InChI is InChI=1S/C33H34Cl2F2N2O7.H2O/c1-42-28-6-5-22(12-23(28)13-24(40)18-39-8-10-43-11-9-39)32(41)45-30(15-25-26(34)16-38-17-27(25)35)21-4-7-29(46-33(36)37)31(14-21)44-19-20-2-3-20;/h4-7,12,14,16-17,20,30,33H,2-3,8-11,13,15,18-19H2,1H3;1H2/t30-;/m0./s1. The molecule has 3 aromatic rings. The fraction of sp³-hybridized carbons (Fsp3) is 0.424. The van der Waals surface area contributed by atoms with Gasteiger partial charge in [0.2, 0.25) is 0 Å². The van der Waals surface area contributed by atoms with Crippen LogP contribution in [0, 0.1) is 5.92 Å². The predicted octanol–water partition coefficient (Wildman–Crippen LogP) is 5.61. The summed E-state index contributed by atoms with van der Waals surface area (Å²) in [4.78, 5) is 31.5. The Balaban J connectivity index is 0.00000500. The van der Waals surface area contributed by atoms with E-state index >= 15 is 0 Å². The van der Waals surface area contributed by atoms with Crippen LogP contribution in [-0.4, -0.2) is 75.3 Å². The van der Waals surface area contributed by atoms with Crippen LogP contribution in [0.3, 0.4) is 0 Å². The van der Waals surface area contributed by atoms with Gasteiger partial charge in [0.05, 0.1) is 39.0 Å². The average molecular weight is 698 g/mol. The van der Waals surface area contributed by atoms with Crippen LogP contribution in [0.5, 0.6) is 17.2 Å². The van der Waals surface area contributed by atoms with Crippen LogP contribution in [0.2, 0.25) is 10.0 Å². The molecule has 2 aromatic carbocycles. The molecule has 5 rings (SSSR count). The van der Waals surface area contributed by atoms with Gasteiger partial charge in [-0.05, 0) is 54.7 Å².